The summed E-state index contributed by atoms with van der Waals surface area (Å²) in [5, 5.41) is 2.15. The molecule has 146 valence electrons. The lowest BCUT2D eigenvalue weighted by Gasteiger charge is -2.06. The van der Waals surface area contributed by atoms with Gasteiger partial charge in [-0.1, -0.05) is 56.3 Å². The number of ether oxygens (including phenoxy) is 2. The van der Waals surface area contributed by atoms with Crippen LogP contribution in [-0.4, -0.2) is 24.4 Å². The second-order valence-electron chi connectivity index (χ2n) is 6.35. The van der Waals surface area contributed by atoms with Crippen molar-refractivity contribution in [3.05, 3.63) is 71.8 Å². The number of hydrogen-bond donors (Lipinski definition) is 1. The van der Waals surface area contributed by atoms with E-state index in [1.807, 2.05) is 30.3 Å². The monoisotopic (exact) mass is 381 g/mol. The summed E-state index contributed by atoms with van der Waals surface area (Å²) in [6.45, 7) is 3.29. The predicted molar refractivity (Wildman–Crippen MR) is 105 cm³/mol. The molecule has 0 fully saturated rings. The average Bonchev–Trinajstić information content (AvgIpc) is 2.70. The minimum atomic E-state index is -0.670. The molecule has 2 amide bonds. The zero-order valence-corrected chi connectivity index (χ0v) is 15.9. The number of amides is 2. The van der Waals surface area contributed by atoms with E-state index in [9.17, 15) is 14.4 Å². The standard InChI is InChI=1S/C22H23NO5/c1-16(2)22(26)23-20(24)15-28-21(25)13-10-17-8-11-19(12-9-17)27-14-18-6-4-3-5-7-18/h3-13,16H,14-15H2,1-2H3,(H,23,24,26)/b13-10+. The van der Waals surface area contributed by atoms with Crippen LogP contribution in [0.15, 0.2) is 60.7 Å². The van der Waals surface area contributed by atoms with Crippen LogP contribution in [-0.2, 0) is 25.7 Å². The summed E-state index contributed by atoms with van der Waals surface area (Å²) in [5.74, 6) is -1.34. The molecule has 2 aromatic carbocycles. The lowest BCUT2D eigenvalue weighted by Crippen LogP contribution is -2.36. The first kappa shape index (κ1) is 20.9. The molecule has 0 saturated heterocycles. The van der Waals surface area contributed by atoms with Crippen LogP contribution < -0.4 is 10.1 Å². The molecule has 28 heavy (non-hydrogen) atoms. The molecule has 0 bridgehead atoms. The second-order valence-corrected chi connectivity index (χ2v) is 6.35. The quantitative estimate of drug-likeness (QED) is 0.561. The zero-order chi connectivity index (χ0) is 20.4. The number of hydrogen-bond acceptors (Lipinski definition) is 5. The molecule has 6 heteroatoms. The van der Waals surface area contributed by atoms with Gasteiger partial charge < -0.3 is 9.47 Å². The first-order chi connectivity index (χ1) is 13.4. The molecule has 0 heterocycles. The number of carbonyl (C=O) groups excluding carboxylic acids is 3. The summed E-state index contributed by atoms with van der Waals surface area (Å²) in [6, 6.07) is 17.1. The van der Waals surface area contributed by atoms with Crippen molar-refractivity contribution >= 4 is 23.9 Å². The van der Waals surface area contributed by atoms with E-state index in [0.29, 0.717) is 6.61 Å². The normalized spacial score (nSPS) is 10.7. The van der Waals surface area contributed by atoms with Gasteiger partial charge >= 0.3 is 5.97 Å². The Balaban J connectivity index is 1.76. The lowest BCUT2D eigenvalue weighted by atomic mass is 10.2. The number of carbonyl (C=O) groups is 3. The summed E-state index contributed by atoms with van der Waals surface area (Å²) in [6.07, 6.45) is 2.79. The van der Waals surface area contributed by atoms with Crippen molar-refractivity contribution < 1.29 is 23.9 Å². The number of nitrogens with one attached hydrogen (secondary N) is 1. The summed E-state index contributed by atoms with van der Waals surface area (Å²) >= 11 is 0. The Morgan fingerprint density at radius 2 is 1.68 bits per heavy atom. The molecule has 0 aromatic heterocycles. The van der Waals surface area contributed by atoms with E-state index >= 15 is 0 Å². The highest BCUT2D eigenvalue weighted by atomic mass is 16.5. The van der Waals surface area contributed by atoms with Gasteiger partial charge in [-0.2, -0.15) is 0 Å². The van der Waals surface area contributed by atoms with E-state index in [1.165, 1.54) is 6.08 Å². The van der Waals surface area contributed by atoms with E-state index in [2.05, 4.69) is 5.32 Å². The minimum Gasteiger partial charge on any atom is -0.489 e. The zero-order valence-electron chi connectivity index (χ0n) is 15.9. The lowest BCUT2D eigenvalue weighted by molar-refractivity contribution is -0.145. The van der Waals surface area contributed by atoms with Gasteiger partial charge in [-0.05, 0) is 29.3 Å². The van der Waals surface area contributed by atoms with Crippen molar-refractivity contribution in [2.45, 2.75) is 20.5 Å². The fourth-order valence-corrected chi connectivity index (χ4v) is 2.08. The third-order valence-electron chi connectivity index (χ3n) is 3.67. The van der Waals surface area contributed by atoms with Crippen LogP contribution >= 0.6 is 0 Å². The molecule has 0 aliphatic carbocycles. The van der Waals surface area contributed by atoms with Crippen LogP contribution in [0.1, 0.15) is 25.0 Å². The van der Waals surface area contributed by atoms with Gasteiger partial charge in [0.2, 0.25) is 5.91 Å². The topological polar surface area (TPSA) is 81.7 Å². The van der Waals surface area contributed by atoms with Crippen LogP contribution in [0.4, 0.5) is 0 Å². The Hall–Kier alpha value is -3.41. The van der Waals surface area contributed by atoms with Crippen LogP contribution in [0.3, 0.4) is 0 Å². The molecule has 0 atom stereocenters. The van der Waals surface area contributed by atoms with Crippen molar-refractivity contribution in [2.75, 3.05) is 6.61 Å². The SMILES string of the molecule is CC(C)C(=O)NC(=O)COC(=O)/C=C/c1ccc(OCc2ccccc2)cc1. The fraction of sp³-hybridized carbons (Fsp3) is 0.227. The van der Waals surface area contributed by atoms with Gasteiger partial charge in [-0.3, -0.25) is 14.9 Å². The van der Waals surface area contributed by atoms with Crippen LogP contribution in [0, 0.1) is 5.92 Å². The Morgan fingerprint density at radius 1 is 1.00 bits per heavy atom. The van der Waals surface area contributed by atoms with E-state index in [1.54, 1.807) is 44.2 Å². The molecule has 0 aliphatic rings. The van der Waals surface area contributed by atoms with Crippen molar-refractivity contribution in [1.29, 1.82) is 0 Å². The predicted octanol–water partition coefficient (Wildman–Crippen LogP) is 3.12. The van der Waals surface area contributed by atoms with Gasteiger partial charge in [0.1, 0.15) is 12.4 Å². The summed E-state index contributed by atoms with van der Waals surface area (Å²) in [5.41, 5.74) is 1.86. The number of benzene rings is 2. The third kappa shape index (κ3) is 7.45. The fourth-order valence-electron chi connectivity index (χ4n) is 2.08. The van der Waals surface area contributed by atoms with Gasteiger partial charge in [0.15, 0.2) is 6.61 Å². The second kappa shape index (κ2) is 10.7. The maximum atomic E-state index is 11.7. The Labute approximate surface area is 164 Å². The summed E-state index contributed by atoms with van der Waals surface area (Å²) < 4.78 is 10.5. The number of rotatable bonds is 8. The first-order valence-corrected chi connectivity index (χ1v) is 8.89. The van der Waals surface area contributed by atoms with Gasteiger partial charge in [-0.25, -0.2) is 4.79 Å². The molecule has 0 unspecified atom stereocenters. The number of imide groups is 1. The van der Waals surface area contributed by atoms with Crippen LogP contribution in [0.5, 0.6) is 5.75 Å². The maximum absolute atomic E-state index is 11.7. The van der Waals surface area contributed by atoms with Crippen LogP contribution in [0.2, 0.25) is 0 Å². The van der Waals surface area contributed by atoms with Gasteiger partial charge in [-0.15, -0.1) is 0 Å². The third-order valence-corrected chi connectivity index (χ3v) is 3.67. The molecular formula is C22H23NO5. The summed E-state index contributed by atoms with van der Waals surface area (Å²) in [4.78, 5) is 34.5. The highest BCUT2D eigenvalue weighted by Crippen LogP contribution is 2.15. The van der Waals surface area contributed by atoms with E-state index < -0.39 is 24.4 Å². The molecule has 0 radical (unpaired) electrons. The van der Waals surface area contributed by atoms with Gasteiger partial charge in [0.05, 0.1) is 0 Å². The van der Waals surface area contributed by atoms with Gasteiger partial charge in [0, 0.05) is 12.0 Å². The molecule has 0 spiro atoms. The smallest absolute Gasteiger partial charge is 0.331 e. The van der Waals surface area contributed by atoms with E-state index in [-0.39, 0.29) is 5.92 Å². The van der Waals surface area contributed by atoms with Crippen molar-refractivity contribution in [3.8, 4) is 5.75 Å². The van der Waals surface area contributed by atoms with E-state index in [0.717, 1.165) is 16.9 Å². The Morgan fingerprint density at radius 3 is 2.32 bits per heavy atom. The van der Waals surface area contributed by atoms with Gasteiger partial charge in [0.25, 0.3) is 5.91 Å². The van der Waals surface area contributed by atoms with Crippen molar-refractivity contribution in [1.82, 2.24) is 5.32 Å². The first-order valence-electron chi connectivity index (χ1n) is 8.89. The van der Waals surface area contributed by atoms with Crippen molar-refractivity contribution in [2.24, 2.45) is 5.92 Å². The summed E-state index contributed by atoms with van der Waals surface area (Å²) in [7, 11) is 0. The van der Waals surface area contributed by atoms with E-state index in [4.69, 9.17) is 9.47 Å². The molecule has 0 saturated carbocycles. The molecular weight excluding hydrogens is 358 g/mol. The molecule has 2 aromatic rings. The minimum absolute atomic E-state index is 0.320. The number of esters is 1. The Kier molecular flexibility index (Phi) is 7.96. The highest BCUT2D eigenvalue weighted by molar-refractivity contribution is 5.97. The molecule has 6 nitrogen and oxygen atoms in total. The maximum Gasteiger partial charge on any atom is 0.331 e. The average molecular weight is 381 g/mol. The molecule has 1 N–H and O–H groups in total. The Bertz CT molecular complexity index is 826. The van der Waals surface area contributed by atoms with Crippen molar-refractivity contribution in [3.63, 3.8) is 0 Å². The van der Waals surface area contributed by atoms with Crippen LogP contribution in [0.25, 0.3) is 6.08 Å². The molecule has 2 rings (SSSR count). The largest absolute Gasteiger partial charge is 0.489 e. The highest BCUT2D eigenvalue weighted by Gasteiger charge is 2.12. The molecule has 0 aliphatic heterocycles.